The summed E-state index contributed by atoms with van der Waals surface area (Å²) in [5.41, 5.74) is 0.928. The van der Waals surface area contributed by atoms with Crippen molar-refractivity contribution in [3.63, 3.8) is 0 Å². The number of benzene rings is 1. The lowest BCUT2D eigenvalue weighted by Crippen LogP contribution is -2.11. The molecule has 108 valence electrons. The van der Waals surface area contributed by atoms with Gasteiger partial charge in [0.15, 0.2) is 12.0 Å². The van der Waals surface area contributed by atoms with Crippen LogP contribution in [0.2, 0.25) is 0 Å². The molecule has 0 saturated heterocycles. The molecule has 0 unspecified atom stereocenters. The minimum Gasteiger partial charge on any atom is -0.290 e. The van der Waals surface area contributed by atoms with Crippen LogP contribution in [-0.4, -0.2) is 26.7 Å². The SMILES string of the molecule is O=C(c1nc2n(n1)[C@H](c1ccccc1)C[C@@H]2F)[C@@H]1C[C@@H]1F. The van der Waals surface area contributed by atoms with Gasteiger partial charge in [-0.25, -0.2) is 18.4 Å². The van der Waals surface area contributed by atoms with Gasteiger partial charge in [0.25, 0.3) is 0 Å². The second kappa shape index (κ2) is 4.44. The Morgan fingerprint density at radius 3 is 2.57 bits per heavy atom. The van der Waals surface area contributed by atoms with Gasteiger partial charge in [-0.15, -0.1) is 5.10 Å². The third kappa shape index (κ3) is 1.97. The van der Waals surface area contributed by atoms with Crippen molar-refractivity contribution in [2.75, 3.05) is 0 Å². The molecule has 4 nitrogen and oxygen atoms in total. The number of carbonyl (C=O) groups excluding carboxylic acids is 1. The lowest BCUT2D eigenvalue weighted by atomic mass is 10.0. The first-order chi connectivity index (χ1) is 10.1. The Kier molecular flexibility index (Phi) is 2.67. The van der Waals surface area contributed by atoms with E-state index in [9.17, 15) is 13.6 Å². The quantitative estimate of drug-likeness (QED) is 0.816. The maximum atomic E-state index is 14.1. The predicted octanol–water partition coefficient (Wildman–Crippen LogP) is 2.82. The summed E-state index contributed by atoms with van der Waals surface area (Å²) in [6.07, 6.45) is -1.85. The minimum atomic E-state index is -1.25. The Bertz CT molecular complexity index is 700. The van der Waals surface area contributed by atoms with Crippen LogP contribution in [-0.2, 0) is 0 Å². The second-order valence-electron chi connectivity index (χ2n) is 5.59. The third-order valence-electron chi connectivity index (χ3n) is 4.12. The Morgan fingerprint density at radius 2 is 1.90 bits per heavy atom. The van der Waals surface area contributed by atoms with Gasteiger partial charge in [-0.2, -0.15) is 0 Å². The summed E-state index contributed by atoms with van der Waals surface area (Å²) in [6.45, 7) is 0. The molecule has 1 aromatic carbocycles. The molecular formula is C15H13F2N3O. The molecule has 1 aliphatic carbocycles. The summed E-state index contributed by atoms with van der Waals surface area (Å²) in [4.78, 5) is 16.0. The van der Waals surface area contributed by atoms with E-state index in [-0.39, 0.29) is 30.5 Å². The number of nitrogens with zero attached hydrogens (tertiary/aromatic N) is 3. The number of hydrogen-bond acceptors (Lipinski definition) is 3. The van der Waals surface area contributed by atoms with E-state index in [2.05, 4.69) is 10.1 Å². The summed E-state index contributed by atoms with van der Waals surface area (Å²) in [5.74, 6) is -0.938. The van der Waals surface area contributed by atoms with Crippen LogP contribution in [0, 0.1) is 5.92 Å². The maximum absolute atomic E-state index is 14.1. The number of aromatic nitrogens is 3. The van der Waals surface area contributed by atoms with Crippen LogP contribution in [0.25, 0.3) is 0 Å². The van der Waals surface area contributed by atoms with Gasteiger partial charge in [-0.1, -0.05) is 30.3 Å². The molecule has 1 aromatic heterocycles. The highest BCUT2D eigenvalue weighted by Crippen LogP contribution is 2.41. The molecule has 1 aliphatic heterocycles. The molecule has 0 spiro atoms. The van der Waals surface area contributed by atoms with Crippen LogP contribution in [0.1, 0.15) is 47.1 Å². The first-order valence-electron chi connectivity index (χ1n) is 6.99. The van der Waals surface area contributed by atoms with Gasteiger partial charge in [0, 0.05) is 6.42 Å². The first-order valence-corrected chi connectivity index (χ1v) is 6.99. The second-order valence-corrected chi connectivity index (χ2v) is 5.59. The van der Waals surface area contributed by atoms with Crippen molar-refractivity contribution >= 4 is 5.78 Å². The Hall–Kier alpha value is -2.11. The predicted molar refractivity (Wildman–Crippen MR) is 70.4 cm³/mol. The van der Waals surface area contributed by atoms with Crippen LogP contribution in [0.15, 0.2) is 30.3 Å². The highest BCUT2D eigenvalue weighted by atomic mass is 19.1. The summed E-state index contributed by atoms with van der Waals surface area (Å²) >= 11 is 0. The molecule has 2 heterocycles. The van der Waals surface area contributed by atoms with Crippen molar-refractivity contribution in [3.05, 3.63) is 47.5 Å². The molecule has 0 radical (unpaired) electrons. The summed E-state index contributed by atoms with van der Waals surface area (Å²) < 4.78 is 28.6. The number of rotatable bonds is 3. The zero-order valence-corrected chi connectivity index (χ0v) is 11.1. The zero-order chi connectivity index (χ0) is 14.6. The molecule has 6 heteroatoms. The molecule has 21 heavy (non-hydrogen) atoms. The fourth-order valence-corrected chi connectivity index (χ4v) is 2.84. The van der Waals surface area contributed by atoms with Gasteiger partial charge in [0.05, 0.1) is 12.0 Å². The number of alkyl halides is 2. The van der Waals surface area contributed by atoms with E-state index in [0.717, 1.165) is 5.56 Å². The van der Waals surface area contributed by atoms with Crippen LogP contribution in [0.5, 0.6) is 0 Å². The van der Waals surface area contributed by atoms with Crippen molar-refractivity contribution < 1.29 is 13.6 Å². The van der Waals surface area contributed by atoms with E-state index >= 15 is 0 Å². The highest BCUT2D eigenvalue weighted by Gasteiger charge is 2.46. The standard InChI is InChI=1S/C15H13F2N3O/c16-10-6-9(10)13(21)14-18-15-11(17)7-12(20(15)19-14)8-4-2-1-3-5-8/h1-5,9-12H,6-7H2/t9-,10+,11+,12+/m1/s1. The molecule has 1 fully saturated rings. The largest absolute Gasteiger partial charge is 0.290 e. The van der Waals surface area contributed by atoms with Gasteiger partial charge in [0.1, 0.15) is 6.17 Å². The van der Waals surface area contributed by atoms with Gasteiger partial charge in [-0.05, 0) is 12.0 Å². The Morgan fingerprint density at radius 1 is 1.19 bits per heavy atom. The average molecular weight is 289 g/mol. The normalized spacial score (nSPS) is 30.2. The number of hydrogen-bond donors (Lipinski definition) is 0. The molecule has 0 amide bonds. The van der Waals surface area contributed by atoms with Gasteiger partial charge in [0.2, 0.25) is 11.6 Å². The highest BCUT2D eigenvalue weighted by molar-refractivity contribution is 5.96. The van der Waals surface area contributed by atoms with E-state index in [1.807, 2.05) is 30.3 Å². The Balaban J connectivity index is 1.69. The van der Waals surface area contributed by atoms with Gasteiger partial charge >= 0.3 is 0 Å². The molecule has 0 N–H and O–H groups in total. The molecule has 2 aromatic rings. The molecule has 4 rings (SSSR count). The van der Waals surface area contributed by atoms with E-state index in [1.165, 1.54) is 4.68 Å². The minimum absolute atomic E-state index is 0.0570. The van der Waals surface area contributed by atoms with Crippen molar-refractivity contribution in [3.8, 4) is 0 Å². The Labute approximate surface area is 119 Å². The summed E-state index contributed by atoms with van der Waals surface area (Å²) in [5, 5.41) is 4.14. The van der Waals surface area contributed by atoms with Crippen LogP contribution >= 0.6 is 0 Å². The van der Waals surface area contributed by atoms with E-state index in [1.54, 1.807) is 0 Å². The van der Waals surface area contributed by atoms with Gasteiger partial charge in [-0.3, -0.25) is 4.79 Å². The molecule has 4 atom stereocenters. The van der Waals surface area contributed by atoms with Crippen LogP contribution < -0.4 is 0 Å². The lowest BCUT2D eigenvalue weighted by molar-refractivity contribution is 0.0946. The average Bonchev–Trinajstić information content (AvgIpc) is 2.95. The van der Waals surface area contributed by atoms with Crippen molar-refractivity contribution in [1.82, 2.24) is 14.8 Å². The molecule has 1 saturated carbocycles. The fourth-order valence-electron chi connectivity index (χ4n) is 2.84. The van der Waals surface area contributed by atoms with Crippen LogP contribution in [0.4, 0.5) is 8.78 Å². The fraction of sp³-hybridized carbons (Fsp3) is 0.400. The zero-order valence-electron chi connectivity index (χ0n) is 11.1. The molecular weight excluding hydrogens is 276 g/mol. The number of halogens is 2. The number of ketones is 1. The molecule has 0 bridgehead atoms. The van der Waals surface area contributed by atoms with Crippen molar-refractivity contribution in [2.45, 2.75) is 31.2 Å². The number of fused-ring (bicyclic) bond motifs is 1. The van der Waals surface area contributed by atoms with Gasteiger partial charge < -0.3 is 0 Å². The number of carbonyl (C=O) groups is 1. The number of Topliss-reactive ketones (excluding diaryl/α,β-unsaturated/α-hetero) is 1. The van der Waals surface area contributed by atoms with E-state index in [0.29, 0.717) is 0 Å². The third-order valence-corrected chi connectivity index (χ3v) is 4.12. The maximum Gasteiger partial charge on any atom is 0.218 e. The smallest absolute Gasteiger partial charge is 0.218 e. The summed E-state index contributed by atoms with van der Waals surface area (Å²) in [6, 6.07) is 9.17. The van der Waals surface area contributed by atoms with Crippen molar-refractivity contribution in [1.29, 1.82) is 0 Å². The first kappa shape index (κ1) is 12.6. The lowest BCUT2D eigenvalue weighted by Gasteiger charge is -2.11. The van der Waals surface area contributed by atoms with E-state index < -0.39 is 24.0 Å². The van der Waals surface area contributed by atoms with Crippen LogP contribution in [0.3, 0.4) is 0 Å². The van der Waals surface area contributed by atoms with E-state index in [4.69, 9.17) is 0 Å². The summed E-state index contributed by atoms with van der Waals surface area (Å²) in [7, 11) is 0. The topological polar surface area (TPSA) is 47.8 Å². The van der Waals surface area contributed by atoms with Crippen molar-refractivity contribution in [2.24, 2.45) is 5.92 Å². The monoisotopic (exact) mass is 289 g/mol. The molecule has 2 aliphatic rings.